The fourth-order valence-electron chi connectivity index (χ4n) is 2.80. The van der Waals surface area contributed by atoms with Crippen LogP contribution in [-0.2, 0) is 11.2 Å². The molecule has 21 heavy (non-hydrogen) atoms. The Labute approximate surface area is 136 Å². The van der Waals surface area contributed by atoms with Gasteiger partial charge in [-0.1, -0.05) is 22.0 Å². The van der Waals surface area contributed by atoms with Crippen molar-refractivity contribution in [2.45, 2.75) is 39.7 Å². The normalized spacial score (nSPS) is 16.5. The van der Waals surface area contributed by atoms with Crippen LogP contribution in [0.15, 0.2) is 22.7 Å². The molecule has 1 aliphatic rings. The third kappa shape index (κ3) is 4.55. The van der Waals surface area contributed by atoms with Crippen molar-refractivity contribution in [1.82, 2.24) is 9.80 Å². The average Bonchev–Trinajstić information content (AvgIpc) is 2.48. The summed E-state index contributed by atoms with van der Waals surface area (Å²) in [5.74, 6) is 0.290. The van der Waals surface area contributed by atoms with Crippen molar-refractivity contribution in [1.29, 1.82) is 0 Å². The van der Waals surface area contributed by atoms with Crippen LogP contribution < -0.4 is 0 Å². The number of carbonyl (C=O) groups excluding carboxylic acids is 1. The highest BCUT2D eigenvalue weighted by Crippen LogP contribution is 2.18. The van der Waals surface area contributed by atoms with Crippen molar-refractivity contribution in [2.75, 3.05) is 26.2 Å². The number of nitrogens with zero attached hydrogens (tertiary/aromatic N) is 2. The van der Waals surface area contributed by atoms with Crippen LogP contribution >= 0.6 is 15.9 Å². The summed E-state index contributed by atoms with van der Waals surface area (Å²) >= 11 is 3.50. The highest BCUT2D eigenvalue weighted by molar-refractivity contribution is 9.10. The summed E-state index contributed by atoms with van der Waals surface area (Å²) in [5.41, 5.74) is 2.52. The monoisotopic (exact) mass is 352 g/mol. The van der Waals surface area contributed by atoms with Gasteiger partial charge < -0.3 is 4.90 Å². The second-order valence-corrected chi connectivity index (χ2v) is 7.00. The van der Waals surface area contributed by atoms with Gasteiger partial charge in [0.1, 0.15) is 0 Å². The first-order chi connectivity index (χ1) is 9.97. The molecule has 0 aliphatic carbocycles. The number of halogens is 1. The Morgan fingerprint density at radius 3 is 2.52 bits per heavy atom. The number of benzene rings is 1. The van der Waals surface area contributed by atoms with E-state index in [1.54, 1.807) is 0 Å². The van der Waals surface area contributed by atoms with Crippen LogP contribution in [0.4, 0.5) is 0 Å². The van der Waals surface area contributed by atoms with Crippen LogP contribution in [0, 0.1) is 6.92 Å². The van der Waals surface area contributed by atoms with Crippen LogP contribution in [0.5, 0.6) is 0 Å². The first kappa shape index (κ1) is 16.5. The smallest absolute Gasteiger partial charge is 0.222 e. The summed E-state index contributed by atoms with van der Waals surface area (Å²) in [5, 5.41) is 0. The molecule has 1 amide bonds. The summed E-state index contributed by atoms with van der Waals surface area (Å²) in [4.78, 5) is 16.8. The zero-order valence-corrected chi connectivity index (χ0v) is 14.8. The SMILES string of the molecule is Cc1ccc(Br)cc1CCC(=O)N1CCN(C(C)C)CC1. The summed E-state index contributed by atoms with van der Waals surface area (Å²) < 4.78 is 1.08. The van der Waals surface area contributed by atoms with Crippen molar-refractivity contribution in [3.63, 3.8) is 0 Å². The molecule has 116 valence electrons. The number of rotatable bonds is 4. The molecule has 0 saturated carbocycles. The van der Waals surface area contributed by atoms with E-state index in [4.69, 9.17) is 0 Å². The molecule has 0 aromatic heterocycles. The third-order valence-corrected chi connectivity index (χ3v) is 4.81. The standard InChI is InChI=1S/C17H25BrN2O/c1-13(2)19-8-10-20(11-9-19)17(21)7-5-15-12-16(18)6-4-14(15)3/h4,6,12-13H,5,7-11H2,1-3H3. The summed E-state index contributed by atoms with van der Waals surface area (Å²) in [6.45, 7) is 10.3. The van der Waals surface area contributed by atoms with Gasteiger partial charge in [-0.2, -0.15) is 0 Å². The quantitative estimate of drug-likeness (QED) is 0.830. The van der Waals surface area contributed by atoms with Crippen molar-refractivity contribution >= 4 is 21.8 Å². The molecule has 1 saturated heterocycles. The van der Waals surface area contributed by atoms with Gasteiger partial charge in [-0.05, 0) is 50.5 Å². The zero-order valence-electron chi connectivity index (χ0n) is 13.2. The lowest BCUT2D eigenvalue weighted by Gasteiger charge is -2.37. The highest BCUT2D eigenvalue weighted by Gasteiger charge is 2.22. The number of amides is 1. The minimum atomic E-state index is 0.290. The Kier molecular flexibility index (Phi) is 5.82. The maximum absolute atomic E-state index is 12.3. The van der Waals surface area contributed by atoms with Gasteiger partial charge in [0.15, 0.2) is 0 Å². The molecule has 0 atom stereocenters. The lowest BCUT2D eigenvalue weighted by atomic mass is 10.0. The molecule has 0 N–H and O–H groups in total. The van der Waals surface area contributed by atoms with Crippen LogP contribution in [0.2, 0.25) is 0 Å². The van der Waals surface area contributed by atoms with E-state index in [0.29, 0.717) is 12.5 Å². The van der Waals surface area contributed by atoms with Crippen LogP contribution in [0.3, 0.4) is 0 Å². The van der Waals surface area contributed by atoms with Crippen molar-refractivity contribution in [2.24, 2.45) is 0 Å². The van der Waals surface area contributed by atoms with Gasteiger partial charge in [0.05, 0.1) is 0 Å². The number of hydrogen-bond donors (Lipinski definition) is 0. The van der Waals surface area contributed by atoms with Crippen LogP contribution in [-0.4, -0.2) is 47.9 Å². The van der Waals surface area contributed by atoms with Gasteiger partial charge in [0.2, 0.25) is 5.91 Å². The van der Waals surface area contributed by atoms with Gasteiger partial charge in [-0.3, -0.25) is 9.69 Å². The molecule has 1 aromatic carbocycles. The largest absolute Gasteiger partial charge is 0.340 e. The number of aryl methyl sites for hydroxylation is 2. The molecule has 2 rings (SSSR count). The Hall–Kier alpha value is -0.870. The summed E-state index contributed by atoms with van der Waals surface area (Å²) in [7, 11) is 0. The second kappa shape index (κ2) is 7.41. The molecule has 0 bridgehead atoms. The highest BCUT2D eigenvalue weighted by atomic mass is 79.9. The van der Waals surface area contributed by atoms with E-state index in [1.165, 1.54) is 11.1 Å². The number of piperazine rings is 1. The lowest BCUT2D eigenvalue weighted by molar-refractivity contribution is -0.133. The Morgan fingerprint density at radius 2 is 1.90 bits per heavy atom. The molecule has 0 unspecified atom stereocenters. The molecule has 0 spiro atoms. The van der Waals surface area contributed by atoms with E-state index >= 15 is 0 Å². The molecule has 4 heteroatoms. The van der Waals surface area contributed by atoms with Gasteiger partial charge >= 0.3 is 0 Å². The number of carbonyl (C=O) groups is 1. The first-order valence-electron chi connectivity index (χ1n) is 7.74. The maximum Gasteiger partial charge on any atom is 0.222 e. The molecule has 3 nitrogen and oxygen atoms in total. The maximum atomic E-state index is 12.3. The minimum absolute atomic E-state index is 0.290. The lowest BCUT2D eigenvalue weighted by Crippen LogP contribution is -2.50. The predicted molar refractivity (Wildman–Crippen MR) is 90.5 cm³/mol. The zero-order chi connectivity index (χ0) is 15.4. The topological polar surface area (TPSA) is 23.6 Å². The van der Waals surface area contributed by atoms with Crippen LogP contribution in [0.1, 0.15) is 31.4 Å². The molecule has 1 aromatic rings. The summed E-state index contributed by atoms with van der Waals surface area (Å²) in [6, 6.07) is 6.85. The fraction of sp³-hybridized carbons (Fsp3) is 0.588. The Morgan fingerprint density at radius 1 is 1.24 bits per heavy atom. The average molecular weight is 353 g/mol. The molecule has 1 heterocycles. The van der Waals surface area contributed by atoms with E-state index in [9.17, 15) is 4.79 Å². The molecular weight excluding hydrogens is 328 g/mol. The molecule has 1 fully saturated rings. The van der Waals surface area contributed by atoms with Gasteiger partial charge in [0, 0.05) is 43.1 Å². The Balaban J connectivity index is 1.84. The van der Waals surface area contributed by atoms with E-state index in [1.807, 2.05) is 11.0 Å². The first-order valence-corrected chi connectivity index (χ1v) is 8.53. The fourth-order valence-corrected chi connectivity index (χ4v) is 3.21. The minimum Gasteiger partial charge on any atom is -0.340 e. The molecule has 1 aliphatic heterocycles. The van der Waals surface area contributed by atoms with E-state index in [2.05, 4.69) is 53.7 Å². The van der Waals surface area contributed by atoms with E-state index < -0.39 is 0 Å². The second-order valence-electron chi connectivity index (χ2n) is 6.08. The summed E-state index contributed by atoms with van der Waals surface area (Å²) in [6.07, 6.45) is 1.44. The third-order valence-electron chi connectivity index (χ3n) is 4.32. The van der Waals surface area contributed by atoms with E-state index in [0.717, 1.165) is 37.1 Å². The van der Waals surface area contributed by atoms with Gasteiger partial charge in [-0.25, -0.2) is 0 Å². The number of hydrogen-bond acceptors (Lipinski definition) is 2. The predicted octanol–water partition coefficient (Wildman–Crippen LogP) is 3.24. The van der Waals surface area contributed by atoms with Gasteiger partial charge in [0.25, 0.3) is 0 Å². The van der Waals surface area contributed by atoms with Crippen molar-refractivity contribution < 1.29 is 4.79 Å². The van der Waals surface area contributed by atoms with E-state index in [-0.39, 0.29) is 5.91 Å². The van der Waals surface area contributed by atoms with Crippen molar-refractivity contribution in [3.8, 4) is 0 Å². The molecular formula is C17H25BrN2O. The van der Waals surface area contributed by atoms with Crippen molar-refractivity contribution in [3.05, 3.63) is 33.8 Å². The van der Waals surface area contributed by atoms with Gasteiger partial charge in [-0.15, -0.1) is 0 Å². The molecule has 0 radical (unpaired) electrons. The Bertz CT molecular complexity index is 494. The van der Waals surface area contributed by atoms with Crippen LogP contribution in [0.25, 0.3) is 0 Å².